The van der Waals surface area contributed by atoms with Crippen molar-refractivity contribution in [2.45, 2.75) is 31.7 Å². The van der Waals surface area contributed by atoms with Crippen LogP contribution in [0.1, 0.15) is 36.8 Å². The maximum absolute atomic E-state index is 12.9. The molecule has 172 valence electrons. The van der Waals surface area contributed by atoms with Crippen LogP contribution < -0.4 is 5.32 Å². The molecule has 33 heavy (non-hydrogen) atoms. The highest BCUT2D eigenvalue weighted by Crippen LogP contribution is 2.44. The Labute approximate surface area is 192 Å². The SMILES string of the molecule is C[C@@H](NC(=O)OCC1c2ccccc2-c2ccccc21)C(=O)N1CC2CCC(C1)C2C(=O)O. The topological polar surface area (TPSA) is 95.9 Å². The number of hydrogen-bond acceptors (Lipinski definition) is 4. The molecule has 0 radical (unpaired) electrons. The molecule has 5 rings (SSSR count). The first kappa shape index (κ1) is 21.5. The van der Waals surface area contributed by atoms with Crippen molar-refractivity contribution >= 4 is 18.0 Å². The first-order chi connectivity index (χ1) is 15.9. The van der Waals surface area contributed by atoms with Gasteiger partial charge in [-0.15, -0.1) is 0 Å². The second-order valence-electron chi connectivity index (χ2n) is 9.40. The van der Waals surface area contributed by atoms with Crippen molar-refractivity contribution in [3.8, 4) is 11.1 Å². The molecule has 1 heterocycles. The number of amides is 2. The second-order valence-corrected chi connectivity index (χ2v) is 9.40. The number of ether oxygens (including phenoxy) is 1. The number of carboxylic acids is 1. The zero-order chi connectivity index (χ0) is 23.1. The van der Waals surface area contributed by atoms with Gasteiger partial charge in [-0.25, -0.2) is 4.79 Å². The van der Waals surface area contributed by atoms with Gasteiger partial charge in [-0.1, -0.05) is 48.5 Å². The van der Waals surface area contributed by atoms with Crippen LogP contribution in [0.5, 0.6) is 0 Å². The molecule has 2 aliphatic carbocycles. The number of rotatable bonds is 5. The molecule has 1 saturated carbocycles. The van der Waals surface area contributed by atoms with E-state index in [0.29, 0.717) is 13.1 Å². The molecule has 3 atom stereocenters. The lowest BCUT2D eigenvalue weighted by Gasteiger charge is -2.37. The van der Waals surface area contributed by atoms with E-state index in [1.807, 2.05) is 24.3 Å². The van der Waals surface area contributed by atoms with E-state index in [-0.39, 0.29) is 36.2 Å². The molecule has 2 bridgehead atoms. The number of carbonyl (C=O) groups excluding carboxylic acids is 2. The van der Waals surface area contributed by atoms with E-state index in [2.05, 4.69) is 29.6 Å². The largest absolute Gasteiger partial charge is 0.481 e. The van der Waals surface area contributed by atoms with Gasteiger partial charge >= 0.3 is 12.1 Å². The number of piperidine rings is 1. The lowest BCUT2D eigenvalue weighted by molar-refractivity contribution is -0.150. The monoisotopic (exact) mass is 448 g/mol. The zero-order valence-corrected chi connectivity index (χ0v) is 18.6. The number of aliphatic carboxylic acids is 1. The van der Waals surface area contributed by atoms with E-state index in [0.717, 1.165) is 35.1 Å². The van der Waals surface area contributed by atoms with E-state index >= 15 is 0 Å². The van der Waals surface area contributed by atoms with Crippen molar-refractivity contribution in [1.82, 2.24) is 10.2 Å². The van der Waals surface area contributed by atoms with Crippen LogP contribution in [0.2, 0.25) is 0 Å². The highest BCUT2D eigenvalue weighted by atomic mass is 16.5. The molecule has 0 spiro atoms. The molecule has 0 aromatic heterocycles. The van der Waals surface area contributed by atoms with E-state index in [1.165, 1.54) is 0 Å². The number of alkyl carbamates (subject to hydrolysis) is 1. The summed E-state index contributed by atoms with van der Waals surface area (Å²) in [7, 11) is 0. The Balaban J connectivity index is 1.18. The third kappa shape index (κ3) is 3.86. The van der Waals surface area contributed by atoms with Gasteiger partial charge in [0.15, 0.2) is 0 Å². The fourth-order valence-electron chi connectivity index (χ4n) is 5.96. The maximum Gasteiger partial charge on any atom is 0.407 e. The van der Waals surface area contributed by atoms with Crippen LogP contribution in [-0.2, 0) is 14.3 Å². The Kier molecular flexibility index (Phi) is 5.56. The Morgan fingerprint density at radius 1 is 1.00 bits per heavy atom. The Morgan fingerprint density at radius 3 is 2.09 bits per heavy atom. The number of nitrogens with one attached hydrogen (secondary N) is 1. The van der Waals surface area contributed by atoms with Crippen molar-refractivity contribution in [3.05, 3.63) is 59.7 Å². The highest BCUT2D eigenvalue weighted by molar-refractivity contribution is 5.86. The van der Waals surface area contributed by atoms with Gasteiger partial charge in [0.1, 0.15) is 12.6 Å². The van der Waals surface area contributed by atoms with Crippen LogP contribution in [-0.4, -0.2) is 53.7 Å². The number of likely N-dealkylation sites (tertiary alicyclic amines) is 1. The van der Waals surface area contributed by atoms with Crippen LogP contribution in [0.15, 0.2) is 48.5 Å². The molecule has 2 aromatic carbocycles. The van der Waals surface area contributed by atoms with Crippen molar-refractivity contribution in [2.75, 3.05) is 19.7 Å². The summed E-state index contributed by atoms with van der Waals surface area (Å²) in [6, 6.07) is 15.5. The second kappa shape index (κ2) is 8.54. The summed E-state index contributed by atoms with van der Waals surface area (Å²) < 4.78 is 5.55. The lowest BCUT2D eigenvalue weighted by atomic mass is 9.85. The predicted octanol–water partition coefficient (Wildman–Crippen LogP) is 3.48. The van der Waals surface area contributed by atoms with Gasteiger partial charge in [0.25, 0.3) is 0 Å². The molecule has 1 aliphatic heterocycles. The van der Waals surface area contributed by atoms with Crippen molar-refractivity contribution in [3.63, 3.8) is 0 Å². The van der Waals surface area contributed by atoms with Crippen molar-refractivity contribution in [1.29, 1.82) is 0 Å². The third-order valence-electron chi connectivity index (χ3n) is 7.48. The van der Waals surface area contributed by atoms with Gasteiger partial charge in [-0.2, -0.15) is 0 Å². The molecule has 2 aromatic rings. The summed E-state index contributed by atoms with van der Waals surface area (Å²) in [4.78, 5) is 38.7. The quantitative estimate of drug-likeness (QED) is 0.730. The van der Waals surface area contributed by atoms with Crippen molar-refractivity contribution in [2.24, 2.45) is 17.8 Å². The summed E-state index contributed by atoms with van der Waals surface area (Å²) in [5.74, 6) is -1.37. The van der Waals surface area contributed by atoms with Gasteiger partial charge in [0.05, 0.1) is 5.92 Å². The third-order valence-corrected chi connectivity index (χ3v) is 7.48. The Hall–Kier alpha value is -3.35. The molecule has 2 amide bonds. The smallest absolute Gasteiger partial charge is 0.407 e. The zero-order valence-electron chi connectivity index (χ0n) is 18.6. The molecular weight excluding hydrogens is 420 g/mol. The van der Waals surface area contributed by atoms with Crippen LogP contribution in [0.3, 0.4) is 0 Å². The normalized spacial score (nSPS) is 24.0. The van der Waals surface area contributed by atoms with E-state index in [1.54, 1.807) is 11.8 Å². The number of fused-ring (bicyclic) bond motifs is 5. The number of carbonyl (C=O) groups is 3. The Bertz CT molecular complexity index is 1040. The fourth-order valence-corrected chi connectivity index (χ4v) is 5.96. The minimum Gasteiger partial charge on any atom is -0.481 e. The molecule has 2 N–H and O–H groups in total. The first-order valence-electron chi connectivity index (χ1n) is 11.6. The average molecular weight is 449 g/mol. The minimum atomic E-state index is -0.764. The summed E-state index contributed by atoms with van der Waals surface area (Å²) in [6.07, 6.45) is 1.04. The summed E-state index contributed by atoms with van der Waals surface area (Å²) in [5, 5.41) is 12.1. The van der Waals surface area contributed by atoms with Gasteiger partial charge in [-0.05, 0) is 53.9 Å². The molecule has 2 unspecified atom stereocenters. The summed E-state index contributed by atoms with van der Waals surface area (Å²) in [5.41, 5.74) is 4.58. The molecular formula is C26H28N2O5. The van der Waals surface area contributed by atoms with Gasteiger partial charge < -0.3 is 20.1 Å². The van der Waals surface area contributed by atoms with Crippen LogP contribution in [0.4, 0.5) is 4.79 Å². The summed E-state index contributed by atoms with van der Waals surface area (Å²) in [6.45, 7) is 2.70. The standard InChI is InChI=1S/C26H28N2O5/c1-15(24(29)28-12-16-10-11-17(13-28)23(16)25(30)31)27-26(32)33-14-22-20-8-4-2-6-18(20)19-7-3-5-9-21(19)22/h2-9,15-17,22-23H,10-14H2,1H3,(H,27,32)(H,30,31)/t15-,16?,17?,23?/m1/s1. The maximum atomic E-state index is 12.9. The molecule has 1 saturated heterocycles. The van der Waals surface area contributed by atoms with Crippen molar-refractivity contribution < 1.29 is 24.2 Å². The first-order valence-corrected chi connectivity index (χ1v) is 11.6. The van der Waals surface area contributed by atoms with Crippen LogP contribution in [0.25, 0.3) is 11.1 Å². The van der Waals surface area contributed by atoms with Gasteiger partial charge in [-0.3, -0.25) is 9.59 Å². The molecule has 7 nitrogen and oxygen atoms in total. The fraction of sp³-hybridized carbons (Fsp3) is 0.423. The van der Waals surface area contributed by atoms with E-state index in [4.69, 9.17) is 4.74 Å². The van der Waals surface area contributed by atoms with Crippen LogP contribution in [0, 0.1) is 17.8 Å². The van der Waals surface area contributed by atoms with E-state index in [9.17, 15) is 19.5 Å². The Morgan fingerprint density at radius 2 is 1.55 bits per heavy atom. The van der Waals surface area contributed by atoms with E-state index < -0.39 is 18.1 Å². The summed E-state index contributed by atoms with van der Waals surface area (Å²) >= 11 is 0. The predicted molar refractivity (Wildman–Crippen MR) is 122 cm³/mol. The molecule has 3 aliphatic rings. The lowest BCUT2D eigenvalue weighted by Crippen LogP contribution is -2.53. The molecule has 7 heteroatoms. The van der Waals surface area contributed by atoms with Gasteiger partial charge in [0.2, 0.25) is 5.91 Å². The number of benzene rings is 2. The minimum absolute atomic E-state index is 0.00754. The number of carboxylic acid groups (broad SMARTS) is 1. The number of nitrogens with zero attached hydrogens (tertiary/aromatic N) is 1. The van der Waals surface area contributed by atoms with Gasteiger partial charge in [0, 0.05) is 19.0 Å². The highest BCUT2D eigenvalue weighted by Gasteiger charge is 2.47. The molecule has 2 fully saturated rings. The number of hydrogen-bond donors (Lipinski definition) is 2. The average Bonchev–Trinajstić information content (AvgIpc) is 3.28. The van der Waals surface area contributed by atoms with Crippen LogP contribution >= 0.6 is 0 Å².